The summed E-state index contributed by atoms with van der Waals surface area (Å²) < 4.78 is 5.73. The van der Waals surface area contributed by atoms with Gasteiger partial charge < -0.3 is 9.84 Å². The second kappa shape index (κ2) is 6.21. The van der Waals surface area contributed by atoms with Crippen LogP contribution < -0.4 is 4.74 Å². The van der Waals surface area contributed by atoms with Crippen LogP contribution in [0.5, 0.6) is 5.75 Å². The molecule has 1 heterocycles. The van der Waals surface area contributed by atoms with Gasteiger partial charge in [-0.3, -0.25) is 4.90 Å². The Morgan fingerprint density at radius 1 is 1.33 bits per heavy atom. The average molecular weight is 249 g/mol. The molecule has 1 N–H and O–H groups in total. The lowest BCUT2D eigenvalue weighted by Crippen LogP contribution is -2.37. The lowest BCUT2D eigenvalue weighted by atomic mass is 10.0. The van der Waals surface area contributed by atoms with Gasteiger partial charge in [-0.15, -0.1) is 0 Å². The third kappa shape index (κ3) is 3.24. The van der Waals surface area contributed by atoms with Crippen molar-refractivity contribution in [3.05, 3.63) is 29.8 Å². The summed E-state index contributed by atoms with van der Waals surface area (Å²) in [5.74, 6) is 1.52. The molecule has 2 unspecified atom stereocenters. The lowest BCUT2D eigenvalue weighted by Gasteiger charge is -2.24. The zero-order valence-electron chi connectivity index (χ0n) is 11.3. The maximum absolute atomic E-state index is 9.37. The van der Waals surface area contributed by atoms with Gasteiger partial charge in [-0.05, 0) is 37.9 Å². The Hall–Kier alpha value is -1.06. The van der Waals surface area contributed by atoms with E-state index in [-0.39, 0.29) is 6.61 Å². The van der Waals surface area contributed by atoms with Gasteiger partial charge in [0.05, 0.1) is 6.61 Å². The SMILES string of the molecule is Cc1ccc(OCCN2CCC(C)C2CO)cc1. The number of aryl methyl sites for hydroxylation is 1. The van der Waals surface area contributed by atoms with E-state index in [0.29, 0.717) is 18.6 Å². The van der Waals surface area contributed by atoms with Gasteiger partial charge in [-0.2, -0.15) is 0 Å². The Labute approximate surface area is 109 Å². The van der Waals surface area contributed by atoms with E-state index >= 15 is 0 Å². The van der Waals surface area contributed by atoms with Gasteiger partial charge in [0.1, 0.15) is 12.4 Å². The molecular weight excluding hydrogens is 226 g/mol. The highest BCUT2D eigenvalue weighted by Crippen LogP contribution is 2.23. The number of nitrogens with zero attached hydrogens (tertiary/aromatic N) is 1. The van der Waals surface area contributed by atoms with Crippen molar-refractivity contribution in [2.45, 2.75) is 26.3 Å². The first-order valence-corrected chi connectivity index (χ1v) is 6.75. The van der Waals surface area contributed by atoms with Crippen molar-refractivity contribution in [1.29, 1.82) is 0 Å². The summed E-state index contributed by atoms with van der Waals surface area (Å²) in [6.07, 6.45) is 1.18. The van der Waals surface area contributed by atoms with Crippen LogP contribution in [-0.4, -0.2) is 42.4 Å². The first kappa shape index (κ1) is 13.4. The number of aliphatic hydroxyl groups is 1. The van der Waals surface area contributed by atoms with E-state index in [1.807, 2.05) is 12.1 Å². The molecule has 0 saturated carbocycles. The van der Waals surface area contributed by atoms with Gasteiger partial charge in [0.15, 0.2) is 0 Å². The Morgan fingerprint density at radius 2 is 2.06 bits per heavy atom. The van der Waals surface area contributed by atoms with Gasteiger partial charge in [-0.25, -0.2) is 0 Å². The summed E-state index contributed by atoms with van der Waals surface area (Å²) in [6, 6.07) is 8.44. The average Bonchev–Trinajstić information content (AvgIpc) is 2.72. The predicted octanol–water partition coefficient (Wildman–Crippen LogP) is 2.08. The molecule has 0 radical (unpaired) electrons. The summed E-state index contributed by atoms with van der Waals surface area (Å²) in [7, 11) is 0. The molecule has 18 heavy (non-hydrogen) atoms. The summed E-state index contributed by atoms with van der Waals surface area (Å²) in [5.41, 5.74) is 1.25. The van der Waals surface area contributed by atoms with E-state index in [1.54, 1.807) is 0 Å². The first-order chi connectivity index (χ1) is 8.70. The molecule has 0 aliphatic carbocycles. The summed E-state index contributed by atoms with van der Waals surface area (Å²) >= 11 is 0. The first-order valence-electron chi connectivity index (χ1n) is 6.75. The van der Waals surface area contributed by atoms with Crippen molar-refractivity contribution in [3.63, 3.8) is 0 Å². The zero-order valence-corrected chi connectivity index (χ0v) is 11.3. The monoisotopic (exact) mass is 249 g/mol. The number of rotatable bonds is 5. The van der Waals surface area contributed by atoms with Crippen LogP contribution in [0.3, 0.4) is 0 Å². The minimum atomic E-state index is 0.256. The fourth-order valence-corrected chi connectivity index (χ4v) is 2.58. The Morgan fingerprint density at radius 3 is 2.72 bits per heavy atom. The Bertz CT molecular complexity index is 363. The molecule has 1 aromatic rings. The largest absolute Gasteiger partial charge is 0.492 e. The van der Waals surface area contributed by atoms with E-state index in [9.17, 15) is 5.11 Å². The number of ether oxygens (including phenoxy) is 1. The minimum absolute atomic E-state index is 0.256. The van der Waals surface area contributed by atoms with E-state index in [0.717, 1.165) is 18.8 Å². The fourth-order valence-electron chi connectivity index (χ4n) is 2.58. The molecule has 1 aliphatic rings. The molecule has 0 amide bonds. The van der Waals surface area contributed by atoms with Crippen LogP contribution in [0.1, 0.15) is 18.9 Å². The Kier molecular flexibility index (Phi) is 4.61. The number of hydrogen-bond acceptors (Lipinski definition) is 3. The molecule has 1 saturated heterocycles. The second-order valence-corrected chi connectivity index (χ2v) is 5.21. The van der Waals surface area contributed by atoms with Crippen LogP contribution in [0.25, 0.3) is 0 Å². The van der Waals surface area contributed by atoms with Crippen LogP contribution in [0.4, 0.5) is 0 Å². The van der Waals surface area contributed by atoms with Gasteiger partial charge in [0.25, 0.3) is 0 Å². The number of aliphatic hydroxyl groups excluding tert-OH is 1. The fraction of sp³-hybridized carbons (Fsp3) is 0.600. The molecule has 100 valence electrons. The van der Waals surface area contributed by atoms with Crippen LogP contribution in [0.15, 0.2) is 24.3 Å². The summed E-state index contributed by atoms with van der Waals surface area (Å²) in [4.78, 5) is 2.33. The highest BCUT2D eigenvalue weighted by molar-refractivity contribution is 5.26. The van der Waals surface area contributed by atoms with Crippen molar-refractivity contribution in [2.24, 2.45) is 5.92 Å². The second-order valence-electron chi connectivity index (χ2n) is 5.21. The third-order valence-corrected chi connectivity index (χ3v) is 3.85. The molecule has 1 aliphatic heterocycles. The van der Waals surface area contributed by atoms with Crippen molar-refractivity contribution >= 4 is 0 Å². The maximum atomic E-state index is 9.37. The highest BCUT2D eigenvalue weighted by Gasteiger charge is 2.29. The molecule has 2 atom stereocenters. The van der Waals surface area contributed by atoms with Crippen LogP contribution in [0.2, 0.25) is 0 Å². The maximum Gasteiger partial charge on any atom is 0.119 e. The number of benzene rings is 1. The quantitative estimate of drug-likeness (QED) is 0.867. The third-order valence-electron chi connectivity index (χ3n) is 3.85. The van der Waals surface area contributed by atoms with Gasteiger partial charge in [0, 0.05) is 12.6 Å². The van der Waals surface area contributed by atoms with Crippen molar-refractivity contribution in [1.82, 2.24) is 4.90 Å². The normalized spacial score (nSPS) is 24.4. The smallest absolute Gasteiger partial charge is 0.119 e. The standard InChI is InChI=1S/C15H23NO2/c1-12-3-5-14(6-4-12)18-10-9-16-8-7-13(2)15(16)11-17/h3-6,13,15,17H,7-11H2,1-2H3. The van der Waals surface area contributed by atoms with E-state index in [2.05, 4.69) is 30.9 Å². The molecule has 3 heteroatoms. The molecule has 0 aromatic heterocycles. The molecule has 3 nitrogen and oxygen atoms in total. The minimum Gasteiger partial charge on any atom is -0.492 e. The summed E-state index contributed by atoms with van der Waals surface area (Å²) in [5, 5.41) is 9.37. The van der Waals surface area contributed by atoms with Gasteiger partial charge in [-0.1, -0.05) is 24.6 Å². The van der Waals surface area contributed by atoms with E-state index < -0.39 is 0 Å². The van der Waals surface area contributed by atoms with Crippen molar-refractivity contribution in [3.8, 4) is 5.75 Å². The van der Waals surface area contributed by atoms with Gasteiger partial charge in [0.2, 0.25) is 0 Å². The molecule has 1 fully saturated rings. The molecule has 0 spiro atoms. The highest BCUT2D eigenvalue weighted by atomic mass is 16.5. The number of likely N-dealkylation sites (tertiary alicyclic amines) is 1. The van der Waals surface area contributed by atoms with E-state index in [1.165, 1.54) is 12.0 Å². The predicted molar refractivity (Wildman–Crippen MR) is 72.9 cm³/mol. The van der Waals surface area contributed by atoms with Crippen molar-refractivity contribution < 1.29 is 9.84 Å². The molecule has 2 rings (SSSR count). The zero-order chi connectivity index (χ0) is 13.0. The lowest BCUT2D eigenvalue weighted by molar-refractivity contribution is 0.123. The Balaban J connectivity index is 1.77. The topological polar surface area (TPSA) is 32.7 Å². The van der Waals surface area contributed by atoms with E-state index in [4.69, 9.17) is 4.74 Å². The number of hydrogen-bond donors (Lipinski definition) is 1. The van der Waals surface area contributed by atoms with Crippen molar-refractivity contribution in [2.75, 3.05) is 26.3 Å². The molecular formula is C15H23NO2. The van der Waals surface area contributed by atoms with Gasteiger partial charge >= 0.3 is 0 Å². The van der Waals surface area contributed by atoms with Crippen LogP contribution >= 0.6 is 0 Å². The van der Waals surface area contributed by atoms with Crippen LogP contribution in [0, 0.1) is 12.8 Å². The van der Waals surface area contributed by atoms with Crippen LogP contribution in [-0.2, 0) is 0 Å². The summed E-state index contributed by atoms with van der Waals surface area (Å²) in [6.45, 7) is 7.19. The molecule has 0 bridgehead atoms. The molecule has 1 aromatic carbocycles.